The lowest BCUT2D eigenvalue weighted by molar-refractivity contribution is -0.132. The molecule has 2 aliphatic heterocycles. The van der Waals surface area contributed by atoms with Crippen molar-refractivity contribution in [1.82, 2.24) is 4.98 Å². The summed E-state index contributed by atoms with van der Waals surface area (Å²) < 4.78 is 11.2. The molecule has 5 rings (SSSR count). The number of ketones is 1. The molecule has 2 aliphatic rings. The largest absolute Gasteiger partial charge is 0.507 e. The number of rotatable bonds is 4. The number of amides is 1. The molecule has 3 heterocycles. The van der Waals surface area contributed by atoms with Gasteiger partial charge in [-0.25, -0.2) is 4.98 Å². The van der Waals surface area contributed by atoms with Gasteiger partial charge < -0.3 is 14.6 Å². The molecule has 0 bridgehead atoms. The van der Waals surface area contributed by atoms with E-state index in [1.54, 1.807) is 29.8 Å². The maximum Gasteiger partial charge on any atom is 0.301 e. The molecule has 7 nitrogen and oxygen atoms in total. The summed E-state index contributed by atoms with van der Waals surface area (Å²) in [4.78, 5) is 31.9. The third kappa shape index (κ3) is 3.66. The quantitative estimate of drug-likeness (QED) is 0.345. The average Bonchev–Trinajstić information content (AvgIpc) is 3.45. The number of nitrogens with zero attached hydrogens (tertiary/aromatic N) is 2. The molecule has 0 radical (unpaired) electrons. The first-order chi connectivity index (χ1) is 16.0. The van der Waals surface area contributed by atoms with E-state index in [4.69, 9.17) is 9.47 Å². The van der Waals surface area contributed by atoms with Crippen LogP contribution in [-0.4, -0.2) is 35.0 Å². The number of ether oxygens (including phenoxy) is 2. The summed E-state index contributed by atoms with van der Waals surface area (Å²) >= 11 is 1.26. The molecule has 1 amide bonds. The van der Waals surface area contributed by atoms with Gasteiger partial charge in [-0.2, -0.15) is 0 Å². The highest BCUT2D eigenvalue weighted by Gasteiger charge is 2.48. The number of benzene rings is 2. The van der Waals surface area contributed by atoms with Crippen LogP contribution in [0.5, 0.6) is 11.5 Å². The second-order valence-electron chi connectivity index (χ2n) is 8.16. The molecule has 2 aromatic carbocycles. The Morgan fingerprint density at radius 1 is 1.09 bits per heavy atom. The van der Waals surface area contributed by atoms with Gasteiger partial charge in [0.05, 0.1) is 11.6 Å². The Balaban J connectivity index is 1.66. The maximum atomic E-state index is 13.2. The van der Waals surface area contributed by atoms with Crippen LogP contribution in [0, 0.1) is 0 Å². The second kappa shape index (κ2) is 8.37. The lowest BCUT2D eigenvalue weighted by atomic mass is 9.93. The normalized spacial score (nSPS) is 19.4. The fourth-order valence-corrected chi connectivity index (χ4v) is 4.76. The van der Waals surface area contributed by atoms with E-state index in [0.717, 1.165) is 5.56 Å². The molecule has 1 atom stereocenters. The molecule has 8 heteroatoms. The van der Waals surface area contributed by atoms with Gasteiger partial charge in [-0.1, -0.05) is 38.1 Å². The number of aliphatic hydroxyl groups excluding tert-OH is 1. The molecule has 0 spiro atoms. The van der Waals surface area contributed by atoms with E-state index >= 15 is 0 Å². The van der Waals surface area contributed by atoms with Crippen molar-refractivity contribution in [2.75, 3.05) is 18.1 Å². The number of aliphatic hydroxyl groups is 1. The van der Waals surface area contributed by atoms with Crippen molar-refractivity contribution in [2.24, 2.45) is 0 Å². The Morgan fingerprint density at radius 3 is 2.48 bits per heavy atom. The zero-order chi connectivity index (χ0) is 23.1. The Kier molecular flexibility index (Phi) is 5.38. The first-order valence-electron chi connectivity index (χ1n) is 10.7. The minimum Gasteiger partial charge on any atom is -0.507 e. The molecule has 1 fully saturated rings. The molecule has 0 unspecified atom stereocenters. The van der Waals surface area contributed by atoms with Crippen LogP contribution < -0.4 is 14.4 Å². The van der Waals surface area contributed by atoms with Crippen LogP contribution in [0.25, 0.3) is 5.76 Å². The van der Waals surface area contributed by atoms with Gasteiger partial charge in [0.25, 0.3) is 5.78 Å². The molecular formula is C25H22N2O5S. The first-order valence-corrected chi connectivity index (χ1v) is 11.5. The SMILES string of the molecule is CC(C)c1ccc([C@@H]2C(=C(O)c3ccc4c(c3)OCCO4)C(=O)C(=O)N2c2nccs2)cc1. The Bertz CT molecular complexity index is 1250. The summed E-state index contributed by atoms with van der Waals surface area (Å²) in [5, 5.41) is 13.4. The highest BCUT2D eigenvalue weighted by molar-refractivity contribution is 7.14. The first kappa shape index (κ1) is 21.2. The van der Waals surface area contributed by atoms with Gasteiger partial charge in [-0.3, -0.25) is 14.5 Å². The number of Topliss-reactive ketones (excluding diaryl/α,β-unsaturated/α-hetero) is 1. The number of fused-ring (bicyclic) bond motifs is 1. The molecule has 0 aliphatic carbocycles. The highest BCUT2D eigenvalue weighted by atomic mass is 32.1. The molecule has 1 saturated heterocycles. The summed E-state index contributed by atoms with van der Waals surface area (Å²) in [7, 11) is 0. The number of hydrogen-bond donors (Lipinski definition) is 1. The number of carbonyl (C=O) groups excluding carboxylic acids is 2. The zero-order valence-electron chi connectivity index (χ0n) is 18.1. The summed E-state index contributed by atoms with van der Waals surface area (Å²) in [6, 6.07) is 11.9. The Hall–Kier alpha value is -3.65. The minimum atomic E-state index is -0.800. The predicted molar refractivity (Wildman–Crippen MR) is 125 cm³/mol. The number of anilines is 1. The third-order valence-electron chi connectivity index (χ3n) is 5.80. The lowest BCUT2D eigenvalue weighted by Gasteiger charge is -2.23. The van der Waals surface area contributed by atoms with Crippen molar-refractivity contribution in [3.05, 3.63) is 76.3 Å². The summed E-state index contributed by atoms with van der Waals surface area (Å²) in [5.41, 5.74) is 2.24. The van der Waals surface area contributed by atoms with E-state index in [-0.39, 0.29) is 11.3 Å². The van der Waals surface area contributed by atoms with E-state index < -0.39 is 17.7 Å². The van der Waals surface area contributed by atoms with Crippen LogP contribution in [0.4, 0.5) is 5.13 Å². The van der Waals surface area contributed by atoms with Crippen molar-refractivity contribution < 1.29 is 24.2 Å². The van der Waals surface area contributed by atoms with Gasteiger partial charge in [0.2, 0.25) is 0 Å². The number of aromatic nitrogens is 1. The van der Waals surface area contributed by atoms with Crippen molar-refractivity contribution >= 4 is 33.9 Å². The van der Waals surface area contributed by atoms with Crippen molar-refractivity contribution in [3.63, 3.8) is 0 Å². The van der Waals surface area contributed by atoms with Crippen LogP contribution in [0.3, 0.4) is 0 Å². The molecule has 33 heavy (non-hydrogen) atoms. The van der Waals surface area contributed by atoms with Crippen LogP contribution in [0.1, 0.15) is 42.5 Å². The number of hydrogen-bond acceptors (Lipinski definition) is 7. The minimum absolute atomic E-state index is 0.0178. The fourth-order valence-electron chi connectivity index (χ4n) is 4.09. The highest BCUT2D eigenvalue weighted by Crippen LogP contribution is 2.43. The van der Waals surface area contributed by atoms with Gasteiger partial charge in [0.15, 0.2) is 16.6 Å². The predicted octanol–water partition coefficient (Wildman–Crippen LogP) is 4.66. The number of thiazole rings is 1. The topological polar surface area (TPSA) is 89.0 Å². The standard InChI is InChI=1S/C25H22N2O5S/c1-14(2)15-3-5-16(6-4-15)21-20(23(29)24(30)27(21)25-26-9-12-33-25)22(28)17-7-8-18-19(13-17)32-11-10-31-18/h3-9,12-14,21,28H,10-11H2,1-2H3/t21-/m1/s1. The number of carbonyl (C=O) groups is 2. The van der Waals surface area contributed by atoms with Gasteiger partial charge in [-0.05, 0) is 35.2 Å². The average molecular weight is 463 g/mol. The molecule has 1 aromatic heterocycles. The summed E-state index contributed by atoms with van der Waals surface area (Å²) in [6.45, 7) is 5.04. The second-order valence-corrected chi connectivity index (χ2v) is 9.04. The van der Waals surface area contributed by atoms with E-state index in [1.807, 2.05) is 24.3 Å². The zero-order valence-corrected chi connectivity index (χ0v) is 19.0. The lowest BCUT2D eigenvalue weighted by Crippen LogP contribution is -2.29. The maximum absolute atomic E-state index is 13.2. The molecular weight excluding hydrogens is 440 g/mol. The monoisotopic (exact) mass is 462 g/mol. The fraction of sp³-hybridized carbons (Fsp3) is 0.240. The molecule has 168 valence electrons. The van der Waals surface area contributed by atoms with Crippen molar-refractivity contribution in [3.8, 4) is 11.5 Å². The van der Waals surface area contributed by atoms with Gasteiger partial charge in [-0.15, -0.1) is 11.3 Å². The van der Waals surface area contributed by atoms with Gasteiger partial charge in [0, 0.05) is 17.1 Å². The van der Waals surface area contributed by atoms with E-state index in [0.29, 0.717) is 46.9 Å². The summed E-state index contributed by atoms with van der Waals surface area (Å²) in [5.74, 6) is -0.346. The molecule has 3 aromatic rings. The van der Waals surface area contributed by atoms with E-state index in [1.165, 1.54) is 16.2 Å². The van der Waals surface area contributed by atoms with Crippen LogP contribution in [0.15, 0.2) is 59.6 Å². The van der Waals surface area contributed by atoms with Crippen LogP contribution in [0.2, 0.25) is 0 Å². The van der Waals surface area contributed by atoms with E-state index in [2.05, 4.69) is 18.8 Å². The van der Waals surface area contributed by atoms with Crippen LogP contribution >= 0.6 is 11.3 Å². The van der Waals surface area contributed by atoms with Crippen molar-refractivity contribution in [1.29, 1.82) is 0 Å². The smallest absolute Gasteiger partial charge is 0.301 e. The Morgan fingerprint density at radius 2 is 1.82 bits per heavy atom. The van der Waals surface area contributed by atoms with Crippen LogP contribution in [-0.2, 0) is 9.59 Å². The van der Waals surface area contributed by atoms with Gasteiger partial charge in [0.1, 0.15) is 19.0 Å². The van der Waals surface area contributed by atoms with Crippen molar-refractivity contribution in [2.45, 2.75) is 25.8 Å². The third-order valence-corrected chi connectivity index (χ3v) is 6.57. The Labute approximate surface area is 194 Å². The molecule has 0 saturated carbocycles. The molecule has 1 N–H and O–H groups in total. The summed E-state index contributed by atoms with van der Waals surface area (Å²) in [6.07, 6.45) is 1.58. The van der Waals surface area contributed by atoms with E-state index in [9.17, 15) is 14.7 Å². The van der Waals surface area contributed by atoms with Gasteiger partial charge >= 0.3 is 5.91 Å².